The van der Waals surface area contributed by atoms with Crippen molar-refractivity contribution < 1.29 is 10.0 Å². The number of hydrogen-bond acceptors (Lipinski definition) is 3. The van der Waals surface area contributed by atoms with Crippen molar-refractivity contribution >= 4 is 11.7 Å². The number of amides is 1. The molecular weight excluding hydrogens is 218 g/mol. The van der Waals surface area contributed by atoms with Crippen molar-refractivity contribution in [2.24, 2.45) is 16.3 Å². The molecule has 98 valence electrons. The van der Waals surface area contributed by atoms with Crippen molar-refractivity contribution in [2.75, 3.05) is 13.1 Å². The van der Waals surface area contributed by atoms with Gasteiger partial charge in [-0.3, -0.25) is 4.79 Å². The molecule has 0 saturated carbocycles. The molecule has 0 radical (unpaired) electrons. The van der Waals surface area contributed by atoms with Crippen molar-refractivity contribution in [3.05, 3.63) is 0 Å². The largest absolute Gasteiger partial charge is 0.409 e. The van der Waals surface area contributed by atoms with Crippen LogP contribution in [-0.2, 0) is 4.79 Å². The summed E-state index contributed by atoms with van der Waals surface area (Å²) in [7, 11) is 0. The fourth-order valence-electron chi connectivity index (χ4n) is 2.08. The fraction of sp³-hybridized carbons (Fsp3) is 0.833. The molecule has 0 aromatic carbocycles. The van der Waals surface area contributed by atoms with Crippen molar-refractivity contribution in [2.45, 2.75) is 46.0 Å². The van der Waals surface area contributed by atoms with E-state index in [0.717, 1.165) is 25.9 Å². The lowest BCUT2D eigenvalue weighted by molar-refractivity contribution is -0.137. The van der Waals surface area contributed by atoms with Gasteiger partial charge >= 0.3 is 0 Å². The maximum atomic E-state index is 12.3. The monoisotopic (exact) mass is 241 g/mol. The van der Waals surface area contributed by atoms with Crippen LogP contribution in [0.4, 0.5) is 0 Å². The lowest BCUT2D eigenvalue weighted by Gasteiger charge is -2.32. The van der Waals surface area contributed by atoms with Crippen LogP contribution in [0.15, 0.2) is 5.16 Å². The third kappa shape index (κ3) is 3.35. The maximum absolute atomic E-state index is 12.3. The standard InChI is InChI=1S/C12H23N3O2/c1-12(2,10(13)14-17)11(16)15-8-6-4-3-5-7-9-15/h17H,3-9H2,1-2H3,(H2,13,14). The van der Waals surface area contributed by atoms with E-state index in [-0.39, 0.29) is 11.7 Å². The van der Waals surface area contributed by atoms with Gasteiger partial charge in [-0.2, -0.15) is 0 Å². The van der Waals surface area contributed by atoms with Crippen LogP contribution in [-0.4, -0.2) is 34.9 Å². The third-order valence-corrected chi connectivity index (χ3v) is 3.43. The normalized spacial score (nSPS) is 19.6. The highest BCUT2D eigenvalue weighted by molar-refractivity contribution is 6.05. The van der Waals surface area contributed by atoms with Crippen LogP contribution in [0.2, 0.25) is 0 Å². The number of rotatable bonds is 2. The van der Waals surface area contributed by atoms with E-state index in [1.54, 1.807) is 13.8 Å². The number of nitrogens with zero attached hydrogens (tertiary/aromatic N) is 2. The second kappa shape index (κ2) is 5.89. The molecule has 1 fully saturated rings. The molecule has 0 unspecified atom stereocenters. The van der Waals surface area contributed by atoms with Gasteiger partial charge in [-0.15, -0.1) is 0 Å². The highest BCUT2D eigenvalue weighted by Crippen LogP contribution is 2.21. The van der Waals surface area contributed by atoms with Crippen LogP contribution < -0.4 is 5.73 Å². The SMILES string of the molecule is CC(C)(C(=O)N1CCCCCCC1)C(N)=NO. The smallest absolute Gasteiger partial charge is 0.235 e. The van der Waals surface area contributed by atoms with Crippen LogP contribution >= 0.6 is 0 Å². The summed E-state index contributed by atoms with van der Waals surface area (Å²) in [6.45, 7) is 4.95. The molecule has 0 atom stereocenters. The lowest BCUT2D eigenvalue weighted by Crippen LogP contribution is -2.48. The second-order valence-electron chi connectivity index (χ2n) is 5.17. The summed E-state index contributed by atoms with van der Waals surface area (Å²) in [5.74, 6) is -0.0701. The summed E-state index contributed by atoms with van der Waals surface area (Å²) in [6, 6.07) is 0. The molecule has 1 aliphatic heterocycles. The molecule has 5 heteroatoms. The Morgan fingerprint density at radius 2 is 1.65 bits per heavy atom. The van der Waals surface area contributed by atoms with Crippen LogP contribution in [0.3, 0.4) is 0 Å². The van der Waals surface area contributed by atoms with Gasteiger partial charge in [0.05, 0.1) is 0 Å². The van der Waals surface area contributed by atoms with E-state index in [0.29, 0.717) is 0 Å². The highest BCUT2D eigenvalue weighted by Gasteiger charge is 2.36. The topological polar surface area (TPSA) is 78.9 Å². The number of likely N-dealkylation sites (tertiary alicyclic amines) is 1. The maximum Gasteiger partial charge on any atom is 0.235 e. The molecule has 1 saturated heterocycles. The number of amidine groups is 1. The first-order valence-electron chi connectivity index (χ1n) is 6.27. The first-order valence-corrected chi connectivity index (χ1v) is 6.27. The van der Waals surface area contributed by atoms with E-state index >= 15 is 0 Å². The summed E-state index contributed by atoms with van der Waals surface area (Å²) in [4.78, 5) is 14.2. The molecule has 0 aromatic rings. The van der Waals surface area contributed by atoms with Crippen LogP contribution in [0.1, 0.15) is 46.0 Å². The molecule has 5 nitrogen and oxygen atoms in total. The lowest BCUT2D eigenvalue weighted by atomic mass is 9.89. The number of hydrogen-bond donors (Lipinski definition) is 2. The zero-order valence-corrected chi connectivity index (χ0v) is 10.8. The Labute approximate surface area is 103 Å². The van der Waals surface area contributed by atoms with Gasteiger partial charge in [0.2, 0.25) is 5.91 Å². The van der Waals surface area contributed by atoms with E-state index in [4.69, 9.17) is 10.9 Å². The van der Waals surface area contributed by atoms with Gasteiger partial charge in [0, 0.05) is 13.1 Å². The Hall–Kier alpha value is -1.26. The first kappa shape index (κ1) is 13.8. The van der Waals surface area contributed by atoms with E-state index in [2.05, 4.69) is 5.16 Å². The number of carbonyl (C=O) groups excluding carboxylic acids is 1. The Morgan fingerprint density at radius 1 is 1.18 bits per heavy atom. The van der Waals surface area contributed by atoms with Crippen molar-refractivity contribution in [3.8, 4) is 0 Å². The minimum atomic E-state index is -0.923. The molecule has 17 heavy (non-hydrogen) atoms. The van der Waals surface area contributed by atoms with Crippen molar-refractivity contribution in [3.63, 3.8) is 0 Å². The van der Waals surface area contributed by atoms with Crippen LogP contribution in [0.25, 0.3) is 0 Å². The average molecular weight is 241 g/mol. The summed E-state index contributed by atoms with van der Waals surface area (Å²) in [5, 5.41) is 11.7. The van der Waals surface area contributed by atoms with Crippen molar-refractivity contribution in [1.29, 1.82) is 0 Å². The Bertz CT molecular complexity index is 292. The molecule has 0 aromatic heterocycles. The molecule has 0 aliphatic carbocycles. The van der Waals surface area contributed by atoms with Gasteiger partial charge in [0.15, 0.2) is 5.84 Å². The molecule has 1 heterocycles. The Morgan fingerprint density at radius 3 is 2.12 bits per heavy atom. The zero-order chi connectivity index (χ0) is 12.9. The van der Waals surface area contributed by atoms with Gasteiger partial charge in [0.25, 0.3) is 0 Å². The first-order chi connectivity index (χ1) is 8.00. The van der Waals surface area contributed by atoms with E-state index in [1.807, 2.05) is 4.90 Å². The highest BCUT2D eigenvalue weighted by atomic mass is 16.4. The predicted octanol–water partition coefficient (Wildman–Crippen LogP) is 1.55. The summed E-state index contributed by atoms with van der Waals surface area (Å²) in [6.07, 6.45) is 5.68. The van der Waals surface area contributed by atoms with E-state index in [9.17, 15) is 4.79 Å². The minimum absolute atomic E-state index is 0.0236. The molecule has 0 bridgehead atoms. The molecule has 0 spiro atoms. The molecule has 3 N–H and O–H groups in total. The van der Waals surface area contributed by atoms with Gasteiger partial charge in [-0.05, 0) is 26.7 Å². The molecule has 1 amide bonds. The summed E-state index contributed by atoms with van der Waals surface area (Å²) >= 11 is 0. The number of carbonyl (C=O) groups is 1. The van der Waals surface area contributed by atoms with Gasteiger partial charge in [-0.25, -0.2) is 0 Å². The summed E-state index contributed by atoms with van der Waals surface area (Å²) < 4.78 is 0. The minimum Gasteiger partial charge on any atom is -0.409 e. The average Bonchev–Trinajstić information content (AvgIpc) is 2.26. The molecule has 1 rings (SSSR count). The van der Waals surface area contributed by atoms with Gasteiger partial charge in [-0.1, -0.05) is 24.4 Å². The predicted molar refractivity (Wildman–Crippen MR) is 66.9 cm³/mol. The molecule has 1 aliphatic rings. The van der Waals surface area contributed by atoms with Gasteiger partial charge in [0.1, 0.15) is 5.41 Å². The zero-order valence-electron chi connectivity index (χ0n) is 10.8. The second-order valence-corrected chi connectivity index (χ2v) is 5.17. The van der Waals surface area contributed by atoms with Gasteiger partial charge < -0.3 is 15.8 Å². The Balaban J connectivity index is 2.72. The van der Waals surface area contributed by atoms with E-state index in [1.165, 1.54) is 19.3 Å². The molecular formula is C12H23N3O2. The number of oxime groups is 1. The summed E-state index contributed by atoms with van der Waals surface area (Å²) in [5.41, 5.74) is 4.66. The quantitative estimate of drug-likeness (QED) is 0.333. The van der Waals surface area contributed by atoms with Crippen molar-refractivity contribution in [1.82, 2.24) is 4.90 Å². The fourth-order valence-corrected chi connectivity index (χ4v) is 2.08. The van der Waals surface area contributed by atoms with Crippen LogP contribution in [0, 0.1) is 5.41 Å². The Kier molecular flexibility index (Phi) is 4.78. The number of nitrogens with two attached hydrogens (primary N) is 1. The third-order valence-electron chi connectivity index (χ3n) is 3.43. The van der Waals surface area contributed by atoms with Crippen LogP contribution in [0.5, 0.6) is 0 Å². The van der Waals surface area contributed by atoms with E-state index < -0.39 is 5.41 Å².